The Morgan fingerprint density at radius 3 is 2.42 bits per heavy atom. The molecule has 0 aromatic heterocycles. The van der Waals surface area contributed by atoms with Crippen LogP contribution in [0.25, 0.3) is 0 Å². The van der Waals surface area contributed by atoms with Crippen molar-refractivity contribution in [1.29, 1.82) is 0 Å². The number of nitrogens with two attached hydrogens (primary N) is 1. The van der Waals surface area contributed by atoms with Gasteiger partial charge in [-0.1, -0.05) is 30.3 Å². The van der Waals surface area contributed by atoms with Crippen molar-refractivity contribution < 1.29 is 37.1 Å². The molecule has 0 bridgehead atoms. The number of carbonyl (C=O) groups is 4. The molecule has 36 heavy (non-hydrogen) atoms. The highest BCUT2D eigenvalue weighted by Crippen LogP contribution is 2.39. The van der Waals surface area contributed by atoms with Crippen LogP contribution in [-0.4, -0.2) is 82.8 Å². The minimum absolute atomic E-state index is 0.0107. The molecule has 2 aliphatic rings. The number of piperazine rings is 1. The third kappa shape index (κ3) is 6.04. The first-order valence-electron chi connectivity index (χ1n) is 11.6. The van der Waals surface area contributed by atoms with Crippen molar-refractivity contribution in [3.63, 3.8) is 0 Å². The quantitative estimate of drug-likeness (QED) is 0.502. The van der Waals surface area contributed by atoms with Crippen LogP contribution in [0.15, 0.2) is 30.3 Å². The number of ketones is 1. The fraction of sp³-hybridized carbons (Fsp3) is 0.583. The number of hydrogen-bond acceptors (Lipinski definition) is 6. The molecule has 1 aromatic carbocycles. The van der Waals surface area contributed by atoms with Crippen molar-refractivity contribution in [2.45, 2.75) is 57.1 Å². The van der Waals surface area contributed by atoms with Gasteiger partial charge in [0.1, 0.15) is 17.5 Å². The highest BCUT2D eigenvalue weighted by molar-refractivity contribution is 6.13. The van der Waals surface area contributed by atoms with E-state index in [-0.39, 0.29) is 32.8 Å². The minimum atomic E-state index is -4.68. The first-order valence-corrected chi connectivity index (χ1v) is 11.6. The lowest BCUT2D eigenvalue weighted by Crippen LogP contribution is -2.65. The Morgan fingerprint density at radius 1 is 1.19 bits per heavy atom. The van der Waals surface area contributed by atoms with Crippen molar-refractivity contribution in [3.8, 4) is 0 Å². The average molecular weight is 513 g/mol. The van der Waals surface area contributed by atoms with Crippen LogP contribution in [0.3, 0.4) is 0 Å². The summed E-state index contributed by atoms with van der Waals surface area (Å²) in [6, 6.07) is 8.00. The molecule has 9 nitrogen and oxygen atoms in total. The third-order valence-corrected chi connectivity index (χ3v) is 6.43. The van der Waals surface area contributed by atoms with E-state index in [1.54, 1.807) is 0 Å². The lowest BCUT2D eigenvalue weighted by atomic mass is 9.88. The number of fused-ring (bicyclic) bond motifs is 1. The van der Waals surface area contributed by atoms with E-state index in [4.69, 9.17) is 10.5 Å². The predicted molar refractivity (Wildman–Crippen MR) is 122 cm³/mol. The number of Topliss-reactive ketones (excluding diaryl/α,β-unsaturated/α-hetero) is 1. The molecule has 1 aromatic rings. The second-order valence-corrected chi connectivity index (χ2v) is 10.0. The number of benzene rings is 1. The van der Waals surface area contributed by atoms with E-state index in [0.29, 0.717) is 0 Å². The Morgan fingerprint density at radius 2 is 1.83 bits per heavy atom. The van der Waals surface area contributed by atoms with E-state index in [2.05, 4.69) is 5.32 Å². The maximum Gasteiger partial charge on any atom is 0.390 e. The number of ether oxygens (including phenoxy) is 1. The summed E-state index contributed by atoms with van der Waals surface area (Å²) in [4.78, 5) is 53.9. The first-order chi connectivity index (χ1) is 16.6. The third-order valence-electron chi connectivity index (χ3n) is 6.43. The van der Waals surface area contributed by atoms with Gasteiger partial charge in [0, 0.05) is 13.1 Å². The summed E-state index contributed by atoms with van der Waals surface area (Å²) < 4.78 is 44.6. The Kier molecular flexibility index (Phi) is 7.80. The van der Waals surface area contributed by atoms with Crippen molar-refractivity contribution in [1.82, 2.24) is 15.1 Å². The molecule has 2 aliphatic heterocycles. The van der Waals surface area contributed by atoms with Crippen LogP contribution in [0.5, 0.6) is 0 Å². The van der Waals surface area contributed by atoms with Crippen LogP contribution in [0, 0.1) is 5.92 Å². The molecule has 0 saturated carbocycles. The summed E-state index contributed by atoms with van der Waals surface area (Å²) in [6.07, 6.45) is -6.22. The van der Waals surface area contributed by atoms with Crippen LogP contribution in [0.4, 0.5) is 13.2 Å². The van der Waals surface area contributed by atoms with Crippen LogP contribution in [0.1, 0.15) is 32.8 Å². The van der Waals surface area contributed by atoms with Crippen molar-refractivity contribution in [2.24, 2.45) is 11.7 Å². The molecule has 3 atom stereocenters. The first kappa shape index (κ1) is 27.6. The van der Waals surface area contributed by atoms with E-state index in [1.807, 2.05) is 30.3 Å². The fourth-order valence-corrected chi connectivity index (χ4v) is 4.45. The topological polar surface area (TPSA) is 122 Å². The van der Waals surface area contributed by atoms with Gasteiger partial charge in [0.2, 0.25) is 17.7 Å². The Bertz CT molecular complexity index is 1010. The highest BCUT2D eigenvalue weighted by Gasteiger charge is 2.60. The van der Waals surface area contributed by atoms with Crippen LogP contribution in [0.2, 0.25) is 0 Å². The van der Waals surface area contributed by atoms with Gasteiger partial charge < -0.3 is 25.6 Å². The molecule has 12 heteroatoms. The Labute approximate surface area is 207 Å². The second kappa shape index (κ2) is 10.2. The molecule has 198 valence electrons. The van der Waals surface area contributed by atoms with E-state index in [9.17, 15) is 32.3 Å². The number of carbonyl (C=O) groups excluding carboxylic acids is 4. The van der Waals surface area contributed by atoms with Gasteiger partial charge >= 0.3 is 6.18 Å². The zero-order valence-corrected chi connectivity index (χ0v) is 20.4. The largest absolute Gasteiger partial charge is 0.390 e. The molecular weight excluding hydrogens is 481 g/mol. The van der Waals surface area contributed by atoms with Gasteiger partial charge in [-0.05, 0) is 26.3 Å². The van der Waals surface area contributed by atoms with Gasteiger partial charge in [0.15, 0.2) is 5.78 Å². The number of nitrogens with one attached hydrogen (secondary N) is 1. The van der Waals surface area contributed by atoms with Gasteiger partial charge in [-0.25, -0.2) is 0 Å². The number of rotatable bonds is 8. The zero-order chi connectivity index (χ0) is 26.9. The number of alkyl halides is 3. The summed E-state index contributed by atoms with van der Waals surface area (Å²) in [5, 5.41) is 2.58. The van der Waals surface area contributed by atoms with E-state index < -0.39 is 59.1 Å². The molecule has 2 saturated heterocycles. The summed E-state index contributed by atoms with van der Waals surface area (Å²) >= 11 is 0. The lowest BCUT2D eigenvalue weighted by molar-refractivity contribution is -0.158. The maximum atomic E-state index is 13.4. The summed E-state index contributed by atoms with van der Waals surface area (Å²) in [7, 11) is 0. The molecular formula is C24H31F3N4O5. The van der Waals surface area contributed by atoms with E-state index in [1.165, 1.54) is 25.7 Å². The Balaban J connectivity index is 1.75. The van der Waals surface area contributed by atoms with E-state index in [0.717, 1.165) is 10.5 Å². The van der Waals surface area contributed by atoms with Gasteiger partial charge in [0.25, 0.3) is 0 Å². The normalized spacial score (nSPS) is 23.5. The lowest BCUT2D eigenvalue weighted by Gasteiger charge is -2.44. The van der Waals surface area contributed by atoms with Gasteiger partial charge in [-0.2, -0.15) is 13.2 Å². The molecule has 2 fully saturated rings. The molecule has 0 aliphatic carbocycles. The zero-order valence-electron chi connectivity index (χ0n) is 20.4. The van der Waals surface area contributed by atoms with Gasteiger partial charge in [-0.3, -0.25) is 19.2 Å². The maximum absolute atomic E-state index is 13.4. The van der Waals surface area contributed by atoms with Gasteiger partial charge in [0.05, 0.1) is 31.7 Å². The summed E-state index contributed by atoms with van der Waals surface area (Å²) in [5.41, 5.74) is 3.83. The summed E-state index contributed by atoms with van der Waals surface area (Å²) in [5.74, 6) is -4.76. The highest BCUT2D eigenvalue weighted by atomic mass is 19.4. The SMILES string of the molecule is CC(C)(N)C(=O)N[C@H](COCc1ccccc1)C(=O)N1CCN2C(=O)C(CC(F)(F)F)C(=O)[C@]2(C)C1. The molecule has 3 rings (SSSR count). The molecule has 0 radical (unpaired) electrons. The van der Waals surface area contributed by atoms with Crippen LogP contribution >= 0.6 is 0 Å². The molecule has 3 N–H and O–H groups in total. The summed E-state index contributed by atoms with van der Waals surface area (Å²) in [6.45, 7) is 3.88. The van der Waals surface area contributed by atoms with Crippen LogP contribution < -0.4 is 11.1 Å². The Hall–Kier alpha value is -2.99. The van der Waals surface area contributed by atoms with Crippen LogP contribution in [-0.2, 0) is 30.5 Å². The fourth-order valence-electron chi connectivity index (χ4n) is 4.45. The smallest absolute Gasteiger partial charge is 0.374 e. The number of hydrogen-bond donors (Lipinski definition) is 2. The molecule has 2 heterocycles. The predicted octanol–water partition coefficient (Wildman–Crippen LogP) is 1.01. The standard InChI is InChI=1S/C24H31F3N4O5/c1-22(2,28)21(35)29-17(13-36-12-15-7-5-4-6-8-15)20(34)30-9-10-31-19(33)16(11-24(25,26)27)18(32)23(31,3)14-30/h4-8,16-17H,9-14,28H2,1-3H3,(H,29,35)/t16?,17-,23+/m1/s1. The van der Waals surface area contributed by atoms with Crippen molar-refractivity contribution in [2.75, 3.05) is 26.2 Å². The van der Waals surface area contributed by atoms with Crippen molar-refractivity contribution >= 4 is 23.5 Å². The average Bonchev–Trinajstić information content (AvgIpc) is 2.97. The monoisotopic (exact) mass is 512 g/mol. The minimum Gasteiger partial charge on any atom is -0.374 e. The molecule has 3 amide bonds. The van der Waals surface area contributed by atoms with Crippen molar-refractivity contribution in [3.05, 3.63) is 35.9 Å². The number of halogens is 3. The van der Waals surface area contributed by atoms with E-state index >= 15 is 0 Å². The molecule has 0 spiro atoms. The molecule has 1 unspecified atom stereocenters. The van der Waals surface area contributed by atoms with Gasteiger partial charge in [-0.15, -0.1) is 0 Å². The number of nitrogens with zero attached hydrogens (tertiary/aromatic N) is 2. The second-order valence-electron chi connectivity index (χ2n) is 10.0. The number of amides is 3.